The van der Waals surface area contributed by atoms with E-state index in [2.05, 4.69) is 40.2 Å². The number of piperazine rings is 1. The molecule has 1 saturated heterocycles. The van der Waals surface area contributed by atoms with E-state index >= 15 is 0 Å². The van der Waals surface area contributed by atoms with Gasteiger partial charge in [0.2, 0.25) is 18.7 Å². The lowest BCUT2D eigenvalue weighted by Gasteiger charge is -2.44. The summed E-state index contributed by atoms with van der Waals surface area (Å²) in [7, 11) is 0. The van der Waals surface area contributed by atoms with Gasteiger partial charge < -0.3 is 14.4 Å². The number of guanidine groups is 1. The number of carbonyl (C=O) groups is 1. The largest absolute Gasteiger partial charge is 0.454 e. The van der Waals surface area contributed by atoms with Gasteiger partial charge in [0, 0.05) is 32.7 Å². The highest BCUT2D eigenvalue weighted by molar-refractivity contribution is 6.02. The maximum atomic E-state index is 12.8. The lowest BCUT2D eigenvalue weighted by molar-refractivity contribution is -0.125. The zero-order valence-corrected chi connectivity index (χ0v) is 18.0. The van der Waals surface area contributed by atoms with Gasteiger partial charge in [-0.25, -0.2) is 4.99 Å². The molecule has 1 saturated carbocycles. The van der Waals surface area contributed by atoms with E-state index in [1.807, 2.05) is 6.07 Å². The average molecular weight is 424 g/mol. The van der Waals surface area contributed by atoms with Gasteiger partial charge in [-0.2, -0.15) is 5.26 Å². The number of nitrogens with one attached hydrogen (secondary N) is 1. The summed E-state index contributed by atoms with van der Waals surface area (Å²) in [6, 6.07) is 8.34. The maximum Gasteiger partial charge on any atom is 0.246 e. The zero-order valence-electron chi connectivity index (χ0n) is 18.0. The summed E-state index contributed by atoms with van der Waals surface area (Å²) < 4.78 is 10.9. The van der Waals surface area contributed by atoms with Gasteiger partial charge in [-0.15, -0.1) is 0 Å². The van der Waals surface area contributed by atoms with Gasteiger partial charge in [0.1, 0.15) is 0 Å². The summed E-state index contributed by atoms with van der Waals surface area (Å²) in [4.78, 5) is 22.3. The molecule has 0 aromatic heterocycles. The average Bonchev–Trinajstić information content (AvgIpc) is 3.24. The highest BCUT2D eigenvalue weighted by atomic mass is 16.7. The maximum absolute atomic E-state index is 12.8. The number of nitriles is 1. The molecule has 1 aliphatic carbocycles. The number of fused-ring (bicyclic) bond motifs is 1. The van der Waals surface area contributed by atoms with Crippen LogP contribution in [-0.2, 0) is 11.3 Å². The Labute approximate surface area is 182 Å². The van der Waals surface area contributed by atoms with Crippen LogP contribution in [0.2, 0.25) is 0 Å². The number of aliphatic imine (C=N–C) groups is 1. The number of ether oxygens (including phenoxy) is 2. The molecule has 1 amide bonds. The SMILES string of the molecule is CC1CCC2(CC1)N=C(N1CCN(Cc3ccc4c(c3)OCO4)CC1)NC(=O)C2C#N. The molecule has 2 fully saturated rings. The Hall–Kier alpha value is -2.79. The van der Waals surface area contributed by atoms with Gasteiger partial charge in [-0.1, -0.05) is 13.0 Å². The van der Waals surface area contributed by atoms with Crippen molar-refractivity contribution in [2.75, 3.05) is 33.0 Å². The summed E-state index contributed by atoms with van der Waals surface area (Å²) in [5.41, 5.74) is 0.649. The number of rotatable bonds is 2. The van der Waals surface area contributed by atoms with E-state index < -0.39 is 11.5 Å². The lowest BCUT2D eigenvalue weighted by atomic mass is 9.70. The van der Waals surface area contributed by atoms with Gasteiger partial charge >= 0.3 is 0 Å². The van der Waals surface area contributed by atoms with Crippen LogP contribution in [0.1, 0.15) is 38.2 Å². The van der Waals surface area contributed by atoms with Crippen LogP contribution < -0.4 is 14.8 Å². The van der Waals surface area contributed by atoms with Crippen LogP contribution in [0.5, 0.6) is 11.5 Å². The normalized spacial score (nSPS) is 30.6. The number of carbonyl (C=O) groups excluding carboxylic acids is 1. The number of benzene rings is 1. The van der Waals surface area contributed by atoms with Crippen LogP contribution in [0, 0.1) is 23.2 Å². The summed E-state index contributed by atoms with van der Waals surface area (Å²) in [5, 5.41) is 12.6. The van der Waals surface area contributed by atoms with E-state index in [1.54, 1.807) is 0 Å². The molecule has 1 atom stereocenters. The van der Waals surface area contributed by atoms with Crippen LogP contribution in [-0.4, -0.2) is 60.2 Å². The zero-order chi connectivity index (χ0) is 21.4. The first-order valence-corrected chi connectivity index (χ1v) is 11.2. The first-order valence-electron chi connectivity index (χ1n) is 11.2. The molecular formula is C23H29N5O3. The van der Waals surface area contributed by atoms with Gasteiger partial charge in [0.05, 0.1) is 11.6 Å². The summed E-state index contributed by atoms with van der Waals surface area (Å²) in [5.74, 6) is 2.04. The Morgan fingerprint density at radius 2 is 1.94 bits per heavy atom. The highest BCUT2D eigenvalue weighted by Crippen LogP contribution is 2.42. The second-order valence-electron chi connectivity index (χ2n) is 9.22. The molecule has 31 heavy (non-hydrogen) atoms. The summed E-state index contributed by atoms with van der Waals surface area (Å²) in [6.45, 7) is 6.74. The van der Waals surface area contributed by atoms with E-state index in [0.29, 0.717) is 18.7 Å². The van der Waals surface area contributed by atoms with Crippen molar-refractivity contribution in [1.82, 2.24) is 15.1 Å². The standard InChI is InChI=1S/C23H29N5O3/c1-16-4-6-23(7-5-16)18(13-24)21(29)25-22(26-23)28-10-8-27(9-11-28)14-17-2-3-19-20(12-17)31-15-30-19/h2-3,12,16,18H,4-11,14-15H2,1H3,(H,25,26,29). The molecular weight excluding hydrogens is 394 g/mol. The minimum Gasteiger partial charge on any atom is -0.454 e. The predicted octanol–water partition coefficient (Wildman–Crippen LogP) is 2.11. The van der Waals surface area contributed by atoms with Gasteiger partial charge in [-0.3, -0.25) is 15.0 Å². The van der Waals surface area contributed by atoms with Crippen molar-refractivity contribution >= 4 is 11.9 Å². The molecule has 1 N–H and O–H groups in total. The van der Waals surface area contributed by atoms with Crippen molar-refractivity contribution in [3.8, 4) is 17.6 Å². The van der Waals surface area contributed by atoms with Crippen LogP contribution in [0.3, 0.4) is 0 Å². The van der Waals surface area contributed by atoms with E-state index in [1.165, 1.54) is 5.56 Å². The minimum atomic E-state index is -0.684. The molecule has 8 nitrogen and oxygen atoms in total. The molecule has 5 rings (SSSR count). The van der Waals surface area contributed by atoms with E-state index in [4.69, 9.17) is 14.5 Å². The second kappa shape index (κ2) is 8.04. The molecule has 3 heterocycles. The fraction of sp³-hybridized carbons (Fsp3) is 0.609. The van der Waals surface area contributed by atoms with Crippen LogP contribution in [0.15, 0.2) is 23.2 Å². The van der Waals surface area contributed by atoms with Gasteiger partial charge in [0.15, 0.2) is 17.4 Å². The number of nitrogens with zero attached hydrogens (tertiary/aromatic N) is 4. The van der Waals surface area contributed by atoms with Gasteiger partial charge in [0.25, 0.3) is 0 Å². The molecule has 1 aromatic carbocycles. The van der Waals surface area contributed by atoms with Gasteiger partial charge in [-0.05, 0) is 49.3 Å². The molecule has 0 radical (unpaired) electrons. The second-order valence-corrected chi connectivity index (χ2v) is 9.22. The minimum absolute atomic E-state index is 0.190. The predicted molar refractivity (Wildman–Crippen MR) is 114 cm³/mol. The third kappa shape index (κ3) is 3.83. The molecule has 4 aliphatic rings. The Bertz CT molecular complexity index is 924. The van der Waals surface area contributed by atoms with E-state index in [9.17, 15) is 10.1 Å². The number of amides is 1. The Morgan fingerprint density at radius 3 is 2.68 bits per heavy atom. The number of hydrogen-bond acceptors (Lipinski definition) is 7. The summed E-state index contributed by atoms with van der Waals surface area (Å²) in [6.07, 6.45) is 3.66. The molecule has 3 aliphatic heterocycles. The molecule has 1 spiro atoms. The third-order valence-electron chi connectivity index (χ3n) is 7.15. The molecule has 164 valence electrons. The first kappa shape index (κ1) is 20.1. The first-order chi connectivity index (χ1) is 15.1. The highest BCUT2D eigenvalue weighted by Gasteiger charge is 2.49. The topological polar surface area (TPSA) is 90.2 Å². The Balaban J connectivity index is 1.25. The van der Waals surface area contributed by atoms with Crippen molar-refractivity contribution in [3.63, 3.8) is 0 Å². The molecule has 0 bridgehead atoms. The molecule has 1 aromatic rings. The molecule has 8 heteroatoms. The van der Waals surface area contributed by atoms with E-state index in [0.717, 1.165) is 69.9 Å². The smallest absolute Gasteiger partial charge is 0.246 e. The monoisotopic (exact) mass is 423 g/mol. The lowest BCUT2D eigenvalue weighted by Crippen LogP contribution is -2.60. The van der Waals surface area contributed by atoms with E-state index in [-0.39, 0.29) is 5.91 Å². The fourth-order valence-electron chi connectivity index (χ4n) is 5.14. The van der Waals surface area contributed by atoms with Crippen LogP contribution >= 0.6 is 0 Å². The van der Waals surface area contributed by atoms with Crippen molar-refractivity contribution in [2.45, 2.75) is 44.7 Å². The number of hydrogen-bond donors (Lipinski definition) is 1. The van der Waals surface area contributed by atoms with Crippen LogP contribution in [0.4, 0.5) is 0 Å². The Kier molecular flexibility index (Phi) is 5.22. The third-order valence-corrected chi connectivity index (χ3v) is 7.15. The van der Waals surface area contributed by atoms with Crippen molar-refractivity contribution in [3.05, 3.63) is 23.8 Å². The van der Waals surface area contributed by atoms with Crippen molar-refractivity contribution in [1.29, 1.82) is 5.26 Å². The van der Waals surface area contributed by atoms with Crippen molar-refractivity contribution < 1.29 is 14.3 Å². The molecule has 1 unspecified atom stereocenters. The fourth-order valence-corrected chi connectivity index (χ4v) is 5.14. The summed E-state index contributed by atoms with van der Waals surface area (Å²) >= 11 is 0. The van der Waals surface area contributed by atoms with Crippen LogP contribution in [0.25, 0.3) is 0 Å². The quantitative estimate of drug-likeness (QED) is 0.784. The van der Waals surface area contributed by atoms with Crippen molar-refractivity contribution in [2.24, 2.45) is 16.8 Å². The Morgan fingerprint density at radius 1 is 1.19 bits per heavy atom.